The molecule has 2 aromatic rings. The van der Waals surface area contributed by atoms with Crippen molar-refractivity contribution in [1.29, 1.82) is 0 Å². The Morgan fingerprint density at radius 2 is 1.65 bits per heavy atom. The molecule has 1 aliphatic rings. The van der Waals surface area contributed by atoms with Crippen molar-refractivity contribution in [2.45, 2.75) is 17.7 Å². The smallest absolute Gasteiger partial charge is 0.243 e. The van der Waals surface area contributed by atoms with Crippen LogP contribution in [0.5, 0.6) is 5.75 Å². The van der Waals surface area contributed by atoms with Crippen LogP contribution in [0.3, 0.4) is 0 Å². The van der Waals surface area contributed by atoms with E-state index in [0.29, 0.717) is 24.6 Å². The molecule has 3 rings (SSSR count). The highest BCUT2D eigenvalue weighted by Crippen LogP contribution is 2.24. The highest BCUT2D eigenvalue weighted by molar-refractivity contribution is 7.89. The van der Waals surface area contributed by atoms with Crippen LogP contribution in [-0.4, -0.2) is 32.4 Å². The van der Waals surface area contributed by atoms with Gasteiger partial charge in [0.15, 0.2) is 0 Å². The lowest BCUT2D eigenvalue weighted by Crippen LogP contribution is -2.41. The second kappa shape index (κ2) is 7.15. The van der Waals surface area contributed by atoms with Crippen LogP contribution in [-0.2, 0) is 10.0 Å². The molecule has 0 radical (unpaired) electrons. The zero-order chi connectivity index (χ0) is 16.1. The van der Waals surface area contributed by atoms with E-state index in [-0.39, 0.29) is 5.92 Å². The lowest BCUT2D eigenvalue weighted by atomic mass is 10.0. The van der Waals surface area contributed by atoms with Gasteiger partial charge in [-0.3, -0.25) is 0 Å². The molecule has 2 aromatic carbocycles. The number of para-hydroxylation sites is 1. The number of ether oxygens (including phenoxy) is 1. The molecule has 0 aliphatic carbocycles. The summed E-state index contributed by atoms with van der Waals surface area (Å²) in [5.74, 6) is 1.05. The second-order valence-electron chi connectivity index (χ2n) is 5.81. The van der Waals surface area contributed by atoms with E-state index in [0.717, 1.165) is 18.6 Å². The molecule has 0 aromatic heterocycles. The molecule has 0 amide bonds. The molecule has 5 heteroatoms. The number of hydrogen-bond donors (Lipinski definition) is 0. The molecule has 1 saturated heterocycles. The SMILES string of the molecule is O=S(=O)(c1ccccc1)N1CCCC(COc2ccccc2)C1. The normalized spacial score (nSPS) is 19.4. The second-order valence-corrected chi connectivity index (χ2v) is 7.75. The van der Waals surface area contributed by atoms with Gasteiger partial charge in [0.2, 0.25) is 10.0 Å². The number of benzene rings is 2. The van der Waals surface area contributed by atoms with Gasteiger partial charge in [0, 0.05) is 19.0 Å². The average molecular weight is 331 g/mol. The predicted octanol–water partition coefficient (Wildman–Crippen LogP) is 3.17. The van der Waals surface area contributed by atoms with E-state index < -0.39 is 10.0 Å². The Morgan fingerprint density at radius 3 is 2.35 bits per heavy atom. The summed E-state index contributed by atoms with van der Waals surface area (Å²) < 4.78 is 32.8. The van der Waals surface area contributed by atoms with Crippen LogP contribution in [0.4, 0.5) is 0 Å². The van der Waals surface area contributed by atoms with Crippen LogP contribution < -0.4 is 4.74 Å². The highest BCUT2D eigenvalue weighted by Gasteiger charge is 2.30. The Kier molecular flexibility index (Phi) is 4.98. The van der Waals surface area contributed by atoms with Gasteiger partial charge < -0.3 is 4.74 Å². The number of rotatable bonds is 5. The van der Waals surface area contributed by atoms with E-state index in [1.807, 2.05) is 36.4 Å². The molecule has 0 saturated carbocycles. The van der Waals surface area contributed by atoms with Gasteiger partial charge in [-0.15, -0.1) is 0 Å². The standard InChI is InChI=1S/C18H21NO3S/c20-23(21,18-11-5-2-6-12-18)19-13-7-8-16(14-19)15-22-17-9-3-1-4-10-17/h1-6,9-12,16H,7-8,13-15H2. The van der Waals surface area contributed by atoms with Gasteiger partial charge in [-0.1, -0.05) is 36.4 Å². The first-order chi connectivity index (χ1) is 11.2. The fraction of sp³-hybridized carbons (Fsp3) is 0.333. The first kappa shape index (κ1) is 16.0. The van der Waals surface area contributed by atoms with Crippen LogP contribution in [0, 0.1) is 5.92 Å². The Labute approximate surface area is 137 Å². The summed E-state index contributed by atoms with van der Waals surface area (Å²) in [6, 6.07) is 18.3. The Hall–Kier alpha value is -1.85. The lowest BCUT2D eigenvalue weighted by molar-refractivity contribution is 0.180. The fourth-order valence-corrected chi connectivity index (χ4v) is 4.43. The molecular weight excluding hydrogens is 310 g/mol. The van der Waals surface area contributed by atoms with Crippen LogP contribution in [0.2, 0.25) is 0 Å². The number of nitrogens with zero attached hydrogens (tertiary/aromatic N) is 1. The van der Waals surface area contributed by atoms with Crippen LogP contribution in [0.15, 0.2) is 65.6 Å². The Morgan fingerprint density at radius 1 is 1.00 bits per heavy atom. The van der Waals surface area contributed by atoms with E-state index in [1.54, 1.807) is 28.6 Å². The van der Waals surface area contributed by atoms with Crippen molar-refractivity contribution in [2.24, 2.45) is 5.92 Å². The third kappa shape index (κ3) is 3.92. The monoisotopic (exact) mass is 331 g/mol. The fourth-order valence-electron chi connectivity index (χ4n) is 2.85. The van der Waals surface area contributed by atoms with E-state index in [4.69, 9.17) is 4.74 Å². The average Bonchev–Trinajstić information content (AvgIpc) is 2.62. The van der Waals surface area contributed by atoms with Gasteiger partial charge in [0.1, 0.15) is 5.75 Å². The first-order valence-corrected chi connectivity index (χ1v) is 9.33. The van der Waals surface area contributed by atoms with Crippen molar-refractivity contribution in [2.75, 3.05) is 19.7 Å². The van der Waals surface area contributed by atoms with Gasteiger partial charge in [0.25, 0.3) is 0 Å². The van der Waals surface area contributed by atoms with Crippen molar-refractivity contribution in [3.63, 3.8) is 0 Å². The summed E-state index contributed by atoms with van der Waals surface area (Å²) in [5.41, 5.74) is 0. The summed E-state index contributed by atoms with van der Waals surface area (Å²) in [6.45, 7) is 1.65. The minimum absolute atomic E-state index is 0.224. The Balaban J connectivity index is 1.64. The van der Waals surface area contributed by atoms with Crippen LogP contribution >= 0.6 is 0 Å². The maximum absolute atomic E-state index is 12.7. The number of sulfonamides is 1. The molecule has 1 fully saturated rings. The summed E-state index contributed by atoms with van der Waals surface area (Å²) in [4.78, 5) is 0.365. The summed E-state index contributed by atoms with van der Waals surface area (Å²) >= 11 is 0. The molecule has 1 aliphatic heterocycles. The van der Waals surface area contributed by atoms with Crippen molar-refractivity contribution < 1.29 is 13.2 Å². The van der Waals surface area contributed by atoms with Gasteiger partial charge in [-0.2, -0.15) is 4.31 Å². The summed E-state index contributed by atoms with van der Waals surface area (Å²) in [7, 11) is -3.40. The first-order valence-electron chi connectivity index (χ1n) is 7.89. The summed E-state index contributed by atoms with van der Waals surface area (Å²) in [6.07, 6.45) is 1.86. The van der Waals surface area contributed by atoms with E-state index in [1.165, 1.54) is 0 Å². The third-order valence-corrected chi connectivity index (χ3v) is 5.97. The molecule has 4 nitrogen and oxygen atoms in total. The molecular formula is C18H21NO3S. The van der Waals surface area contributed by atoms with E-state index in [2.05, 4.69) is 0 Å². The highest BCUT2D eigenvalue weighted by atomic mass is 32.2. The quantitative estimate of drug-likeness (QED) is 0.845. The molecule has 122 valence electrons. The van der Waals surface area contributed by atoms with Gasteiger partial charge in [-0.25, -0.2) is 8.42 Å². The molecule has 1 unspecified atom stereocenters. The number of piperidine rings is 1. The summed E-state index contributed by atoms with van der Waals surface area (Å²) in [5, 5.41) is 0. The maximum atomic E-state index is 12.7. The van der Waals surface area contributed by atoms with Crippen molar-refractivity contribution in [1.82, 2.24) is 4.31 Å². The zero-order valence-electron chi connectivity index (χ0n) is 13.0. The van der Waals surface area contributed by atoms with Crippen molar-refractivity contribution in [3.8, 4) is 5.75 Å². The largest absolute Gasteiger partial charge is 0.493 e. The Bertz CT molecular complexity index is 716. The zero-order valence-corrected chi connectivity index (χ0v) is 13.8. The predicted molar refractivity (Wildman–Crippen MR) is 89.9 cm³/mol. The van der Waals surface area contributed by atoms with E-state index >= 15 is 0 Å². The van der Waals surface area contributed by atoms with Crippen molar-refractivity contribution in [3.05, 3.63) is 60.7 Å². The lowest BCUT2D eigenvalue weighted by Gasteiger charge is -2.31. The van der Waals surface area contributed by atoms with Crippen LogP contribution in [0.25, 0.3) is 0 Å². The molecule has 23 heavy (non-hydrogen) atoms. The van der Waals surface area contributed by atoms with Crippen LogP contribution in [0.1, 0.15) is 12.8 Å². The van der Waals surface area contributed by atoms with Gasteiger partial charge >= 0.3 is 0 Å². The minimum atomic E-state index is -3.40. The molecule has 1 heterocycles. The molecule has 0 spiro atoms. The number of hydrogen-bond acceptors (Lipinski definition) is 3. The topological polar surface area (TPSA) is 46.6 Å². The van der Waals surface area contributed by atoms with Crippen molar-refractivity contribution >= 4 is 10.0 Å². The molecule has 0 N–H and O–H groups in total. The van der Waals surface area contributed by atoms with Gasteiger partial charge in [-0.05, 0) is 37.1 Å². The molecule has 1 atom stereocenters. The van der Waals surface area contributed by atoms with Gasteiger partial charge in [0.05, 0.1) is 11.5 Å². The third-order valence-electron chi connectivity index (χ3n) is 4.09. The molecule has 0 bridgehead atoms. The van der Waals surface area contributed by atoms with E-state index in [9.17, 15) is 8.42 Å². The maximum Gasteiger partial charge on any atom is 0.243 e. The minimum Gasteiger partial charge on any atom is -0.493 e.